The van der Waals surface area contributed by atoms with Gasteiger partial charge in [-0.3, -0.25) is 0 Å². The lowest BCUT2D eigenvalue weighted by molar-refractivity contribution is -0.165. The Labute approximate surface area is 125 Å². The Bertz CT molecular complexity index is 235. The molecule has 0 aromatic heterocycles. The average Bonchev–Trinajstić information content (AvgIpc) is 2.43. The summed E-state index contributed by atoms with van der Waals surface area (Å²) in [6.07, 6.45) is 9.56. The van der Waals surface area contributed by atoms with Crippen molar-refractivity contribution >= 4 is 0 Å². The van der Waals surface area contributed by atoms with Crippen molar-refractivity contribution < 1.29 is 9.47 Å². The second kappa shape index (κ2) is 10.6. The molecule has 120 valence electrons. The van der Waals surface area contributed by atoms with Gasteiger partial charge in [0.15, 0.2) is 0 Å². The highest BCUT2D eigenvalue weighted by molar-refractivity contribution is 4.97. The molecule has 0 aliphatic heterocycles. The zero-order valence-corrected chi connectivity index (χ0v) is 14.0. The molecule has 4 atom stereocenters. The lowest BCUT2D eigenvalue weighted by Crippen LogP contribution is -2.60. The Morgan fingerprint density at radius 3 is 2.55 bits per heavy atom. The smallest absolute Gasteiger partial charge is 0.0990 e. The standard InChI is InChI=1S/C17H35NO2/c1-5-8-9-10-11-14(4)20-16-13-15(18-7-3)17(16)19-12-6-2/h14-18H,5-13H2,1-4H3. The van der Waals surface area contributed by atoms with Crippen molar-refractivity contribution in [1.29, 1.82) is 0 Å². The van der Waals surface area contributed by atoms with Gasteiger partial charge in [-0.15, -0.1) is 0 Å². The van der Waals surface area contributed by atoms with Gasteiger partial charge in [-0.25, -0.2) is 0 Å². The predicted octanol–water partition coefficient (Wildman–Crippen LogP) is 3.91. The fourth-order valence-electron chi connectivity index (χ4n) is 2.88. The first-order valence-corrected chi connectivity index (χ1v) is 8.73. The molecular formula is C17H35NO2. The van der Waals surface area contributed by atoms with E-state index >= 15 is 0 Å². The van der Waals surface area contributed by atoms with E-state index in [1.165, 1.54) is 32.1 Å². The molecule has 3 heteroatoms. The monoisotopic (exact) mass is 285 g/mol. The largest absolute Gasteiger partial charge is 0.374 e. The van der Waals surface area contributed by atoms with Crippen LogP contribution < -0.4 is 5.32 Å². The molecule has 1 N–H and O–H groups in total. The summed E-state index contributed by atoms with van der Waals surface area (Å²) >= 11 is 0. The minimum Gasteiger partial charge on any atom is -0.374 e. The van der Waals surface area contributed by atoms with Gasteiger partial charge in [0.2, 0.25) is 0 Å². The molecule has 1 rings (SSSR count). The summed E-state index contributed by atoms with van der Waals surface area (Å²) in [4.78, 5) is 0. The van der Waals surface area contributed by atoms with Crippen LogP contribution >= 0.6 is 0 Å². The second-order valence-corrected chi connectivity index (χ2v) is 6.07. The van der Waals surface area contributed by atoms with E-state index in [1.807, 2.05) is 0 Å². The molecule has 20 heavy (non-hydrogen) atoms. The van der Waals surface area contributed by atoms with Gasteiger partial charge in [0.25, 0.3) is 0 Å². The Morgan fingerprint density at radius 2 is 1.90 bits per heavy atom. The van der Waals surface area contributed by atoms with Crippen molar-refractivity contribution in [3.63, 3.8) is 0 Å². The maximum absolute atomic E-state index is 6.19. The third-order valence-corrected chi connectivity index (χ3v) is 4.10. The van der Waals surface area contributed by atoms with Gasteiger partial charge in [-0.05, 0) is 32.7 Å². The highest BCUT2D eigenvalue weighted by atomic mass is 16.6. The number of hydrogen-bond donors (Lipinski definition) is 1. The molecule has 0 aromatic carbocycles. The van der Waals surface area contributed by atoms with Gasteiger partial charge in [0, 0.05) is 12.6 Å². The van der Waals surface area contributed by atoms with E-state index < -0.39 is 0 Å². The maximum Gasteiger partial charge on any atom is 0.0990 e. The van der Waals surface area contributed by atoms with E-state index in [0.717, 1.165) is 26.0 Å². The highest BCUT2D eigenvalue weighted by Crippen LogP contribution is 2.29. The number of hydrogen-bond acceptors (Lipinski definition) is 3. The van der Waals surface area contributed by atoms with Crippen LogP contribution in [0.1, 0.15) is 72.6 Å². The molecule has 3 nitrogen and oxygen atoms in total. The van der Waals surface area contributed by atoms with Gasteiger partial charge >= 0.3 is 0 Å². The molecular weight excluding hydrogens is 250 g/mol. The first-order valence-electron chi connectivity index (χ1n) is 8.73. The van der Waals surface area contributed by atoms with Gasteiger partial charge < -0.3 is 14.8 Å². The quantitative estimate of drug-likeness (QED) is 0.552. The van der Waals surface area contributed by atoms with Gasteiger partial charge in [0.05, 0.1) is 18.3 Å². The Morgan fingerprint density at radius 1 is 1.10 bits per heavy atom. The summed E-state index contributed by atoms with van der Waals surface area (Å²) < 4.78 is 12.1. The van der Waals surface area contributed by atoms with Crippen molar-refractivity contribution in [2.45, 2.75) is 97.0 Å². The summed E-state index contributed by atoms with van der Waals surface area (Å²) in [7, 11) is 0. The summed E-state index contributed by atoms with van der Waals surface area (Å²) in [6.45, 7) is 10.6. The van der Waals surface area contributed by atoms with Crippen LogP contribution in [0.3, 0.4) is 0 Å². The van der Waals surface area contributed by atoms with Crippen LogP contribution in [0.5, 0.6) is 0 Å². The fourth-order valence-corrected chi connectivity index (χ4v) is 2.88. The van der Waals surface area contributed by atoms with Crippen LogP contribution in [0.15, 0.2) is 0 Å². The molecule has 1 aliphatic carbocycles. The number of rotatable bonds is 12. The first kappa shape index (κ1) is 17.9. The van der Waals surface area contributed by atoms with E-state index in [-0.39, 0.29) is 6.10 Å². The molecule has 0 radical (unpaired) electrons. The zero-order valence-electron chi connectivity index (χ0n) is 14.0. The van der Waals surface area contributed by atoms with Crippen LogP contribution in [0.2, 0.25) is 0 Å². The molecule has 1 saturated carbocycles. The van der Waals surface area contributed by atoms with Crippen molar-refractivity contribution in [2.24, 2.45) is 0 Å². The van der Waals surface area contributed by atoms with E-state index in [4.69, 9.17) is 9.47 Å². The third-order valence-electron chi connectivity index (χ3n) is 4.10. The molecule has 0 bridgehead atoms. The summed E-state index contributed by atoms with van der Waals surface area (Å²) in [5.74, 6) is 0. The summed E-state index contributed by atoms with van der Waals surface area (Å²) in [5, 5.41) is 3.50. The van der Waals surface area contributed by atoms with Crippen LogP contribution in [-0.4, -0.2) is 37.5 Å². The lowest BCUT2D eigenvalue weighted by atomic mass is 9.85. The van der Waals surface area contributed by atoms with Crippen molar-refractivity contribution in [3.05, 3.63) is 0 Å². The van der Waals surface area contributed by atoms with Crippen LogP contribution in [0, 0.1) is 0 Å². The SMILES string of the molecule is CCCCCCC(C)OC1CC(NCC)C1OCCC. The van der Waals surface area contributed by atoms with Crippen LogP contribution in [0.4, 0.5) is 0 Å². The van der Waals surface area contributed by atoms with E-state index in [9.17, 15) is 0 Å². The Kier molecular flexibility index (Phi) is 9.49. The normalized spacial score (nSPS) is 27.3. The van der Waals surface area contributed by atoms with Crippen molar-refractivity contribution in [1.82, 2.24) is 5.32 Å². The molecule has 1 aliphatic rings. The summed E-state index contributed by atoms with van der Waals surface area (Å²) in [5.41, 5.74) is 0. The fraction of sp³-hybridized carbons (Fsp3) is 1.00. The van der Waals surface area contributed by atoms with E-state index in [2.05, 4.69) is 33.0 Å². The van der Waals surface area contributed by atoms with Crippen molar-refractivity contribution in [2.75, 3.05) is 13.2 Å². The molecule has 0 amide bonds. The Balaban J connectivity index is 2.23. The lowest BCUT2D eigenvalue weighted by Gasteiger charge is -2.45. The van der Waals surface area contributed by atoms with Crippen LogP contribution in [0.25, 0.3) is 0 Å². The van der Waals surface area contributed by atoms with E-state index in [0.29, 0.717) is 18.2 Å². The minimum atomic E-state index is 0.257. The number of unbranched alkanes of at least 4 members (excludes halogenated alkanes) is 3. The summed E-state index contributed by atoms with van der Waals surface area (Å²) in [6, 6.07) is 0.490. The number of nitrogens with one attached hydrogen (secondary N) is 1. The van der Waals surface area contributed by atoms with Gasteiger partial charge in [-0.2, -0.15) is 0 Å². The van der Waals surface area contributed by atoms with Gasteiger partial charge in [-0.1, -0.05) is 46.5 Å². The first-order chi connectivity index (χ1) is 9.72. The number of ether oxygens (including phenoxy) is 2. The molecule has 4 unspecified atom stereocenters. The topological polar surface area (TPSA) is 30.5 Å². The molecule has 0 saturated heterocycles. The second-order valence-electron chi connectivity index (χ2n) is 6.07. The van der Waals surface area contributed by atoms with E-state index in [1.54, 1.807) is 0 Å². The van der Waals surface area contributed by atoms with Gasteiger partial charge in [0.1, 0.15) is 0 Å². The molecule has 1 fully saturated rings. The van der Waals surface area contributed by atoms with Crippen LogP contribution in [-0.2, 0) is 9.47 Å². The zero-order chi connectivity index (χ0) is 14.8. The Hall–Kier alpha value is -0.120. The molecule has 0 heterocycles. The molecule has 0 spiro atoms. The minimum absolute atomic E-state index is 0.257. The molecule has 0 aromatic rings. The van der Waals surface area contributed by atoms with Crippen molar-refractivity contribution in [3.8, 4) is 0 Å². The number of likely N-dealkylation sites (N-methyl/N-ethyl adjacent to an activating group) is 1. The average molecular weight is 285 g/mol. The highest BCUT2D eigenvalue weighted by Gasteiger charge is 2.42. The third kappa shape index (κ3) is 6.11. The maximum atomic E-state index is 6.19. The predicted molar refractivity (Wildman–Crippen MR) is 85.2 cm³/mol.